The van der Waals surface area contributed by atoms with Crippen LogP contribution in [0.25, 0.3) is 0 Å². The zero-order chi connectivity index (χ0) is 14.3. The first kappa shape index (κ1) is 16.0. The molecule has 0 saturated carbocycles. The van der Waals surface area contributed by atoms with Gasteiger partial charge in [0.1, 0.15) is 0 Å². The Hall–Kier alpha value is -1.06. The van der Waals surface area contributed by atoms with E-state index in [2.05, 4.69) is 24.5 Å². The van der Waals surface area contributed by atoms with Gasteiger partial charge in [0, 0.05) is 17.6 Å². The first-order valence-electron chi connectivity index (χ1n) is 6.74. The molecule has 0 fully saturated rings. The van der Waals surface area contributed by atoms with E-state index >= 15 is 0 Å². The third-order valence-corrected chi connectivity index (χ3v) is 3.20. The van der Waals surface area contributed by atoms with Gasteiger partial charge < -0.3 is 10.6 Å². The Morgan fingerprint density at radius 2 is 2.05 bits per heavy atom. The van der Waals surface area contributed by atoms with Crippen LogP contribution in [-0.2, 0) is 4.79 Å². The lowest BCUT2D eigenvalue weighted by atomic mass is 10.1. The maximum absolute atomic E-state index is 11.6. The molecule has 1 aromatic carbocycles. The average molecular weight is 283 g/mol. The van der Waals surface area contributed by atoms with E-state index in [0.29, 0.717) is 17.5 Å². The number of carbonyl (C=O) groups is 1. The fourth-order valence-electron chi connectivity index (χ4n) is 1.70. The monoisotopic (exact) mass is 282 g/mol. The van der Waals surface area contributed by atoms with Gasteiger partial charge in [0.25, 0.3) is 0 Å². The van der Waals surface area contributed by atoms with Crippen LogP contribution in [0.2, 0.25) is 5.02 Å². The first-order chi connectivity index (χ1) is 8.99. The van der Waals surface area contributed by atoms with E-state index in [1.54, 1.807) is 0 Å². The zero-order valence-electron chi connectivity index (χ0n) is 11.9. The Morgan fingerprint density at radius 1 is 1.32 bits per heavy atom. The minimum Gasteiger partial charge on any atom is -0.355 e. The third-order valence-electron chi connectivity index (χ3n) is 2.96. The molecule has 0 heterocycles. The van der Waals surface area contributed by atoms with Crippen molar-refractivity contribution in [3.8, 4) is 0 Å². The van der Waals surface area contributed by atoms with Gasteiger partial charge >= 0.3 is 0 Å². The van der Waals surface area contributed by atoms with Crippen molar-refractivity contribution in [3.63, 3.8) is 0 Å². The molecule has 0 aliphatic rings. The van der Waals surface area contributed by atoms with Crippen LogP contribution in [0.3, 0.4) is 0 Å². The summed E-state index contributed by atoms with van der Waals surface area (Å²) < 4.78 is 0. The van der Waals surface area contributed by atoms with Crippen LogP contribution >= 0.6 is 11.6 Å². The Bertz CT molecular complexity index is 407. The number of hydrogen-bond acceptors (Lipinski definition) is 2. The maximum atomic E-state index is 11.6. The van der Waals surface area contributed by atoms with E-state index in [1.807, 2.05) is 31.2 Å². The van der Waals surface area contributed by atoms with Gasteiger partial charge in [0.2, 0.25) is 5.91 Å². The van der Waals surface area contributed by atoms with Crippen molar-refractivity contribution >= 4 is 17.5 Å². The number of amides is 1. The van der Waals surface area contributed by atoms with E-state index in [1.165, 1.54) is 0 Å². The number of hydrogen-bond donors (Lipinski definition) is 2. The van der Waals surface area contributed by atoms with E-state index in [9.17, 15) is 4.79 Å². The van der Waals surface area contributed by atoms with Gasteiger partial charge in [-0.2, -0.15) is 0 Å². The van der Waals surface area contributed by atoms with Gasteiger partial charge in [-0.15, -0.1) is 0 Å². The van der Waals surface area contributed by atoms with Crippen LogP contribution in [0.15, 0.2) is 24.3 Å². The molecular formula is C15H23ClN2O. The summed E-state index contributed by atoms with van der Waals surface area (Å²) in [7, 11) is 0. The van der Waals surface area contributed by atoms with Gasteiger partial charge in [-0.25, -0.2) is 0 Å². The quantitative estimate of drug-likeness (QED) is 0.807. The van der Waals surface area contributed by atoms with Crippen LogP contribution in [0, 0.1) is 5.92 Å². The lowest BCUT2D eigenvalue weighted by molar-refractivity contribution is -0.120. The van der Waals surface area contributed by atoms with Crippen molar-refractivity contribution in [2.45, 2.75) is 33.2 Å². The SMILES string of the molecule is CC(C)CCNC(=O)CN[C@H](C)c1cccc(Cl)c1. The fourth-order valence-corrected chi connectivity index (χ4v) is 1.90. The normalized spacial score (nSPS) is 12.5. The Kier molecular flexibility index (Phi) is 6.89. The summed E-state index contributed by atoms with van der Waals surface area (Å²) in [5.41, 5.74) is 1.09. The summed E-state index contributed by atoms with van der Waals surface area (Å²) in [4.78, 5) is 11.6. The molecule has 0 bridgehead atoms. The summed E-state index contributed by atoms with van der Waals surface area (Å²) in [6.07, 6.45) is 1.01. The zero-order valence-corrected chi connectivity index (χ0v) is 12.6. The van der Waals surface area contributed by atoms with Crippen molar-refractivity contribution < 1.29 is 4.79 Å². The molecule has 1 rings (SSSR count). The number of halogens is 1. The van der Waals surface area contributed by atoms with Gasteiger partial charge in [-0.05, 0) is 37.0 Å². The molecule has 1 atom stereocenters. The number of carbonyl (C=O) groups excluding carboxylic acids is 1. The molecule has 0 saturated heterocycles. The topological polar surface area (TPSA) is 41.1 Å². The first-order valence-corrected chi connectivity index (χ1v) is 7.12. The molecule has 0 spiro atoms. The number of nitrogens with one attached hydrogen (secondary N) is 2. The van der Waals surface area contributed by atoms with Crippen molar-refractivity contribution in [3.05, 3.63) is 34.9 Å². The summed E-state index contributed by atoms with van der Waals surface area (Å²) in [5.74, 6) is 0.646. The highest BCUT2D eigenvalue weighted by Crippen LogP contribution is 2.16. The molecule has 106 valence electrons. The highest BCUT2D eigenvalue weighted by molar-refractivity contribution is 6.30. The molecule has 3 nitrogen and oxygen atoms in total. The lowest BCUT2D eigenvalue weighted by Crippen LogP contribution is -2.35. The molecular weight excluding hydrogens is 260 g/mol. The van der Waals surface area contributed by atoms with Crippen LogP contribution in [0.5, 0.6) is 0 Å². The van der Waals surface area contributed by atoms with Gasteiger partial charge in [-0.3, -0.25) is 4.79 Å². The lowest BCUT2D eigenvalue weighted by Gasteiger charge is -2.14. The summed E-state index contributed by atoms with van der Waals surface area (Å²) in [6.45, 7) is 7.37. The molecule has 0 aliphatic heterocycles. The van der Waals surface area contributed by atoms with Gasteiger partial charge in [-0.1, -0.05) is 37.6 Å². The smallest absolute Gasteiger partial charge is 0.233 e. The van der Waals surface area contributed by atoms with Crippen LogP contribution in [0.1, 0.15) is 38.8 Å². The highest BCUT2D eigenvalue weighted by Gasteiger charge is 2.07. The largest absolute Gasteiger partial charge is 0.355 e. The van der Waals surface area contributed by atoms with Crippen molar-refractivity contribution in [1.29, 1.82) is 0 Å². The molecule has 0 unspecified atom stereocenters. The molecule has 0 aromatic heterocycles. The second kappa shape index (κ2) is 8.18. The summed E-state index contributed by atoms with van der Waals surface area (Å²) in [6, 6.07) is 7.78. The van der Waals surface area contributed by atoms with Crippen molar-refractivity contribution in [2.75, 3.05) is 13.1 Å². The second-order valence-corrected chi connectivity index (χ2v) is 5.63. The number of benzene rings is 1. The molecule has 0 radical (unpaired) electrons. The molecule has 19 heavy (non-hydrogen) atoms. The van der Waals surface area contributed by atoms with Crippen molar-refractivity contribution in [2.24, 2.45) is 5.92 Å². The van der Waals surface area contributed by atoms with Crippen LogP contribution in [0.4, 0.5) is 0 Å². The standard InChI is InChI=1S/C15H23ClN2O/c1-11(2)7-8-17-15(19)10-18-12(3)13-5-4-6-14(16)9-13/h4-6,9,11-12,18H,7-8,10H2,1-3H3,(H,17,19)/t12-/m1/s1. The fraction of sp³-hybridized carbons (Fsp3) is 0.533. The maximum Gasteiger partial charge on any atom is 0.233 e. The minimum atomic E-state index is 0.0366. The van der Waals surface area contributed by atoms with Crippen LogP contribution < -0.4 is 10.6 Å². The van der Waals surface area contributed by atoms with Crippen LogP contribution in [-0.4, -0.2) is 19.0 Å². The Morgan fingerprint density at radius 3 is 2.68 bits per heavy atom. The third kappa shape index (κ3) is 6.60. The predicted octanol–water partition coefficient (Wildman–Crippen LogP) is 3.15. The molecule has 1 aromatic rings. The van der Waals surface area contributed by atoms with Gasteiger partial charge in [0.05, 0.1) is 6.54 Å². The molecule has 0 aliphatic carbocycles. The summed E-state index contributed by atoms with van der Waals surface area (Å²) in [5, 5.41) is 6.81. The number of rotatable bonds is 7. The average Bonchev–Trinajstić information content (AvgIpc) is 2.35. The minimum absolute atomic E-state index is 0.0366. The van der Waals surface area contributed by atoms with E-state index in [4.69, 9.17) is 11.6 Å². The van der Waals surface area contributed by atoms with E-state index in [-0.39, 0.29) is 11.9 Å². The highest BCUT2D eigenvalue weighted by atomic mass is 35.5. The van der Waals surface area contributed by atoms with E-state index < -0.39 is 0 Å². The molecule has 1 amide bonds. The molecule has 4 heteroatoms. The Balaban J connectivity index is 2.30. The van der Waals surface area contributed by atoms with E-state index in [0.717, 1.165) is 18.5 Å². The van der Waals surface area contributed by atoms with Gasteiger partial charge in [0.15, 0.2) is 0 Å². The van der Waals surface area contributed by atoms with Crippen molar-refractivity contribution in [1.82, 2.24) is 10.6 Å². The predicted molar refractivity (Wildman–Crippen MR) is 80.3 cm³/mol. The summed E-state index contributed by atoms with van der Waals surface area (Å²) >= 11 is 5.94. The Labute approximate surface area is 120 Å². The molecule has 2 N–H and O–H groups in total. The second-order valence-electron chi connectivity index (χ2n) is 5.19.